The van der Waals surface area contributed by atoms with Crippen molar-refractivity contribution in [2.75, 3.05) is 0 Å². The maximum atomic E-state index is 5.38. The summed E-state index contributed by atoms with van der Waals surface area (Å²) >= 11 is 1.72. The molecule has 0 bridgehead atoms. The molecule has 5 aromatic heterocycles. The minimum absolute atomic E-state index is 0.615. The zero-order valence-electron chi connectivity index (χ0n) is 35.7. The number of fused-ring (bicyclic) bond motifs is 9. The third-order valence-corrected chi connectivity index (χ3v) is 14.0. The van der Waals surface area contributed by atoms with E-state index in [1.54, 1.807) is 11.3 Å². The van der Waals surface area contributed by atoms with Gasteiger partial charge in [0, 0.05) is 49.0 Å². The third-order valence-electron chi connectivity index (χ3n) is 13.0. The van der Waals surface area contributed by atoms with Gasteiger partial charge in [-0.1, -0.05) is 158 Å². The predicted octanol–water partition coefficient (Wildman–Crippen LogP) is 15.0. The Morgan fingerprint density at radius 1 is 0.284 bits per heavy atom. The first-order valence-corrected chi connectivity index (χ1v) is 23.1. The molecular weight excluding hydrogens is 839 g/mol. The third kappa shape index (κ3) is 6.00. The highest BCUT2D eigenvalue weighted by Crippen LogP contribution is 2.42. The van der Waals surface area contributed by atoms with Crippen molar-refractivity contribution in [2.24, 2.45) is 0 Å². The Morgan fingerprint density at radius 2 is 0.731 bits per heavy atom. The van der Waals surface area contributed by atoms with Gasteiger partial charge in [0.1, 0.15) is 5.01 Å². The van der Waals surface area contributed by atoms with Gasteiger partial charge in [0.05, 0.1) is 54.7 Å². The van der Waals surface area contributed by atoms with Gasteiger partial charge in [-0.25, -0.2) is 24.9 Å². The van der Waals surface area contributed by atoms with Gasteiger partial charge in [-0.15, -0.1) is 11.3 Å². The first-order chi connectivity index (χ1) is 33.2. The summed E-state index contributed by atoms with van der Waals surface area (Å²) in [4.78, 5) is 26.3. The average molecular weight is 874 g/mol. The van der Waals surface area contributed by atoms with E-state index in [-0.39, 0.29) is 0 Å². The number of hydrogen-bond acceptors (Lipinski definition) is 6. The molecule has 9 aromatic carbocycles. The molecule has 0 fully saturated rings. The zero-order chi connectivity index (χ0) is 44.0. The number of benzene rings is 9. The van der Waals surface area contributed by atoms with Crippen LogP contribution in [0.5, 0.6) is 0 Å². The van der Waals surface area contributed by atoms with Crippen LogP contribution in [-0.4, -0.2) is 34.1 Å². The summed E-state index contributed by atoms with van der Waals surface area (Å²) in [6.45, 7) is 0. The zero-order valence-corrected chi connectivity index (χ0v) is 36.6. The molecule has 0 amide bonds. The van der Waals surface area contributed by atoms with E-state index in [1.807, 2.05) is 30.3 Å². The van der Waals surface area contributed by atoms with Crippen LogP contribution < -0.4 is 0 Å². The molecule has 0 radical (unpaired) electrons. The Hall–Kier alpha value is -8.85. The van der Waals surface area contributed by atoms with Gasteiger partial charge in [-0.3, -0.25) is 9.13 Å². The molecule has 0 spiro atoms. The van der Waals surface area contributed by atoms with Crippen LogP contribution in [0.3, 0.4) is 0 Å². The van der Waals surface area contributed by atoms with E-state index in [0.29, 0.717) is 11.9 Å². The highest BCUT2D eigenvalue weighted by Gasteiger charge is 2.22. The molecule has 67 heavy (non-hydrogen) atoms. The van der Waals surface area contributed by atoms with Crippen LogP contribution in [-0.2, 0) is 0 Å². The summed E-state index contributed by atoms with van der Waals surface area (Å²) in [5.41, 5.74) is 14.1. The monoisotopic (exact) mass is 873 g/mol. The lowest BCUT2D eigenvalue weighted by molar-refractivity contribution is 1.01. The van der Waals surface area contributed by atoms with Gasteiger partial charge in [0.15, 0.2) is 0 Å². The number of thiazole rings is 1. The second kappa shape index (κ2) is 14.9. The summed E-state index contributed by atoms with van der Waals surface area (Å²) < 4.78 is 5.56. The lowest BCUT2D eigenvalue weighted by atomic mass is 10.0. The van der Waals surface area contributed by atoms with Gasteiger partial charge < -0.3 is 0 Å². The molecule has 14 aromatic rings. The topological polar surface area (TPSA) is 74.3 Å². The number of hydrogen-bond donors (Lipinski definition) is 0. The molecule has 0 aliphatic carbocycles. The van der Waals surface area contributed by atoms with Crippen molar-refractivity contribution in [1.82, 2.24) is 34.1 Å². The van der Waals surface area contributed by atoms with E-state index in [4.69, 9.17) is 24.9 Å². The molecule has 312 valence electrons. The molecule has 8 heteroatoms. The van der Waals surface area contributed by atoms with Crippen molar-refractivity contribution in [3.63, 3.8) is 0 Å². The van der Waals surface area contributed by atoms with Gasteiger partial charge in [0.2, 0.25) is 11.9 Å². The van der Waals surface area contributed by atoms with Gasteiger partial charge in [0.25, 0.3) is 0 Å². The summed E-state index contributed by atoms with van der Waals surface area (Å²) in [5.74, 6) is 1.26. The fourth-order valence-electron chi connectivity index (χ4n) is 9.87. The van der Waals surface area contributed by atoms with E-state index < -0.39 is 0 Å². The van der Waals surface area contributed by atoms with Gasteiger partial charge >= 0.3 is 0 Å². The first kappa shape index (κ1) is 37.5. The van der Waals surface area contributed by atoms with Crippen LogP contribution in [0, 0.1) is 0 Å². The predicted molar refractivity (Wildman–Crippen MR) is 276 cm³/mol. The first-order valence-electron chi connectivity index (χ1n) is 22.3. The fourth-order valence-corrected chi connectivity index (χ4v) is 10.9. The highest BCUT2D eigenvalue weighted by molar-refractivity contribution is 7.21. The van der Waals surface area contributed by atoms with Crippen molar-refractivity contribution in [3.8, 4) is 56.1 Å². The van der Waals surface area contributed by atoms with Crippen LogP contribution in [0.4, 0.5) is 0 Å². The van der Waals surface area contributed by atoms with E-state index in [9.17, 15) is 0 Å². The summed E-state index contributed by atoms with van der Waals surface area (Å²) in [6, 6.07) is 74.4. The molecule has 0 saturated heterocycles. The quantitative estimate of drug-likeness (QED) is 0.166. The molecule has 5 heterocycles. The summed E-state index contributed by atoms with van der Waals surface area (Å²) in [5, 5.41) is 7.52. The van der Waals surface area contributed by atoms with Crippen LogP contribution >= 0.6 is 11.3 Å². The van der Waals surface area contributed by atoms with Crippen LogP contribution in [0.15, 0.2) is 212 Å². The van der Waals surface area contributed by atoms with Crippen molar-refractivity contribution < 1.29 is 0 Å². The van der Waals surface area contributed by atoms with Crippen molar-refractivity contribution in [1.29, 1.82) is 0 Å². The maximum absolute atomic E-state index is 5.38. The Morgan fingerprint density at radius 3 is 1.31 bits per heavy atom. The fraction of sp³-hybridized carbons (Fsp3) is 0. The number of rotatable bonds is 6. The van der Waals surface area contributed by atoms with Crippen LogP contribution in [0.1, 0.15) is 0 Å². The molecular formula is C59H35N7S. The largest absolute Gasteiger partial charge is 0.278 e. The standard InChI is InChI=1S/C59H35N7S/c1-4-16-36(17-5-1)55-42-23-10-13-25-47(42)61-58(63-55)65-50-27-15-12-22-41(50)44-32-39(28-30-51(44)65)40-29-31-52-45(33-40)46-34-54-49(60-57(67-54)38-20-8-3-9-21-38)35-53(46)66(52)59-62-48-26-14-11-24-43(48)56(64-59)37-18-6-2-7-19-37/h1-35H. The number of nitrogens with zero attached hydrogens (tertiary/aromatic N) is 7. The highest BCUT2D eigenvalue weighted by atomic mass is 32.1. The van der Waals surface area contributed by atoms with Crippen molar-refractivity contribution >= 4 is 87.0 Å². The minimum Gasteiger partial charge on any atom is -0.278 e. The van der Waals surface area contributed by atoms with E-state index in [0.717, 1.165) is 120 Å². The SMILES string of the molecule is c1ccc(-c2nc3cc4c(cc3s2)c2cc(-c3ccc5c(c3)c3ccccc3n5-c3nc(-c5ccccc5)c5ccccc5n3)ccc2n4-c2nc(-c3ccccc3)c3ccccc3n2)cc1. The average Bonchev–Trinajstić information content (AvgIpc) is 4.07. The normalized spacial score (nSPS) is 11.9. The van der Waals surface area contributed by atoms with Crippen molar-refractivity contribution in [2.45, 2.75) is 0 Å². The molecule has 0 aliphatic heterocycles. The lowest BCUT2D eigenvalue weighted by Crippen LogP contribution is -2.03. The van der Waals surface area contributed by atoms with E-state index in [2.05, 4.69) is 191 Å². The molecule has 14 rings (SSSR count). The Bertz CT molecular complexity index is 4270. The van der Waals surface area contributed by atoms with Crippen LogP contribution in [0.2, 0.25) is 0 Å². The van der Waals surface area contributed by atoms with E-state index >= 15 is 0 Å². The Balaban J connectivity index is 0.982. The molecule has 0 unspecified atom stereocenters. The Labute approximate surface area is 387 Å². The molecule has 7 nitrogen and oxygen atoms in total. The maximum Gasteiger partial charge on any atom is 0.235 e. The number of aromatic nitrogens is 7. The smallest absolute Gasteiger partial charge is 0.235 e. The number of para-hydroxylation sites is 3. The molecule has 0 aliphatic rings. The molecule has 0 atom stereocenters. The lowest BCUT2D eigenvalue weighted by Gasteiger charge is -2.12. The van der Waals surface area contributed by atoms with Gasteiger partial charge in [-0.2, -0.15) is 0 Å². The molecule has 0 saturated carbocycles. The van der Waals surface area contributed by atoms with Crippen LogP contribution in [0.25, 0.3) is 132 Å². The van der Waals surface area contributed by atoms with Gasteiger partial charge in [-0.05, 0) is 65.7 Å². The second-order valence-electron chi connectivity index (χ2n) is 16.9. The molecule has 0 N–H and O–H groups in total. The Kier molecular flexibility index (Phi) is 8.32. The van der Waals surface area contributed by atoms with Crippen molar-refractivity contribution in [3.05, 3.63) is 212 Å². The summed E-state index contributed by atoms with van der Waals surface area (Å²) in [6.07, 6.45) is 0. The second-order valence-corrected chi connectivity index (χ2v) is 17.9. The minimum atomic E-state index is 0.615. The summed E-state index contributed by atoms with van der Waals surface area (Å²) in [7, 11) is 0. The van der Waals surface area contributed by atoms with E-state index in [1.165, 1.54) is 0 Å².